The van der Waals surface area contributed by atoms with Crippen LogP contribution in [0.2, 0.25) is 0 Å². The first-order valence-corrected chi connectivity index (χ1v) is 5.61. The minimum absolute atomic E-state index is 0.585. The predicted molar refractivity (Wildman–Crippen MR) is 67.0 cm³/mol. The molecule has 84 valence electrons. The van der Waals surface area contributed by atoms with E-state index in [9.17, 15) is 0 Å². The average Bonchev–Trinajstić information content (AvgIpc) is 2.66. The van der Waals surface area contributed by atoms with Gasteiger partial charge in [0.1, 0.15) is 11.6 Å². The van der Waals surface area contributed by atoms with Gasteiger partial charge in [0.05, 0.1) is 11.9 Å². The van der Waals surface area contributed by atoms with E-state index in [1.807, 2.05) is 19.1 Å². The third kappa shape index (κ3) is 2.33. The molecule has 2 rings (SSSR count). The number of aryl methyl sites for hydroxylation is 1. The van der Waals surface area contributed by atoms with Crippen molar-refractivity contribution in [3.8, 4) is 0 Å². The molecule has 5 nitrogen and oxygen atoms in total. The highest BCUT2D eigenvalue weighted by Gasteiger charge is 2.02. The molecule has 16 heavy (non-hydrogen) atoms. The number of hydrogen-bond donors (Lipinski definition) is 3. The summed E-state index contributed by atoms with van der Waals surface area (Å²) in [6.07, 6.45) is 1.70. The van der Waals surface area contributed by atoms with Crippen molar-refractivity contribution in [3.05, 3.63) is 34.1 Å². The predicted octanol–water partition coefficient (Wildman–Crippen LogP) is 2.07. The van der Waals surface area contributed by atoms with Crippen LogP contribution in [-0.4, -0.2) is 15.2 Å². The smallest absolute Gasteiger partial charge is 0.126 e. The number of halogens is 1. The van der Waals surface area contributed by atoms with Gasteiger partial charge in [-0.3, -0.25) is 5.10 Å². The maximum atomic E-state index is 5.67. The highest BCUT2D eigenvalue weighted by molar-refractivity contribution is 9.10. The molecule has 0 aromatic carbocycles. The SMILES string of the molecule is Cc1nc(NCc2cn[nH]c2N)ccc1Br. The van der Waals surface area contributed by atoms with Crippen molar-refractivity contribution in [2.45, 2.75) is 13.5 Å². The minimum Gasteiger partial charge on any atom is -0.384 e. The van der Waals surface area contributed by atoms with Crippen LogP contribution in [0.5, 0.6) is 0 Å². The number of nitrogen functional groups attached to an aromatic ring is 1. The zero-order chi connectivity index (χ0) is 11.5. The summed E-state index contributed by atoms with van der Waals surface area (Å²) in [7, 11) is 0. The van der Waals surface area contributed by atoms with E-state index in [2.05, 4.69) is 36.4 Å². The first-order chi connectivity index (χ1) is 7.66. The van der Waals surface area contributed by atoms with Gasteiger partial charge < -0.3 is 11.1 Å². The van der Waals surface area contributed by atoms with Crippen molar-refractivity contribution in [3.63, 3.8) is 0 Å². The molecular weight excluding hydrogens is 270 g/mol. The summed E-state index contributed by atoms with van der Waals surface area (Å²) >= 11 is 3.41. The van der Waals surface area contributed by atoms with Gasteiger partial charge >= 0.3 is 0 Å². The second kappa shape index (κ2) is 4.52. The number of H-pyrrole nitrogens is 1. The standard InChI is InChI=1S/C10H12BrN5/c1-6-8(11)2-3-9(15-6)13-4-7-5-14-16-10(7)12/h2-3,5H,4H2,1H3,(H,13,15)(H3,12,14,16). The summed E-state index contributed by atoms with van der Waals surface area (Å²) in [6, 6.07) is 3.87. The summed E-state index contributed by atoms with van der Waals surface area (Å²) in [4.78, 5) is 4.37. The molecule has 2 aromatic heterocycles. The van der Waals surface area contributed by atoms with Crippen LogP contribution in [-0.2, 0) is 6.54 Å². The highest BCUT2D eigenvalue weighted by atomic mass is 79.9. The molecule has 0 spiro atoms. The molecule has 0 bridgehead atoms. The molecule has 2 heterocycles. The summed E-state index contributed by atoms with van der Waals surface area (Å²) in [5.41, 5.74) is 7.55. The van der Waals surface area contributed by atoms with Crippen LogP contribution < -0.4 is 11.1 Å². The summed E-state index contributed by atoms with van der Waals surface area (Å²) in [5.74, 6) is 1.41. The largest absolute Gasteiger partial charge is 0.384 e. The lowest BCUT2D eigenvalue weighted by Crippen LogP contribution is -2.03. The Labute approximate surface area is 102 Å². The molecule has 0 radical (unpaired) electrons. The van der Waals surface area contributed by atoms with Crippen molar-refractivity contribution in [1.29, 1.82) is 0 Å². The molecule has 0 aliphatic heterocycles. The second-order valence-corrected chi connectivity index (χ2v) is 4.28. The molecule has 0 saturated heterocycles. The molecule has 0 fully saturated rings. The van der Waals surface area contributed by atoms with Crippen molar-refractivity contribution in [1.82, 2.24) is 15.2 Å². The van der Waals surface area contributed by atoms with E-state index < -0.39 is 0 Å². The van der Waals surface area contributed by atoms with Gasteiger partial charge in [-0.05, 0) is 35.0 Å². The quantitative estimate of drug-likeness (QED) is 0.805. The lowest BCUT2D eigenvalue weighted by atomic mass is 10.3. The summed E-state index contributed by atoms with van der Waals surface area (Å²) in [6.45, 7) is 2.55. The Kier molecular flexibility index (Phi) is 3.09. The summed E-state index contributed by atoms with van der Waals surface area (Å²) in [5, 5.41) is 9.72. The Bertz CT molecular complexity index is 494. The zero-order valence-corrected chi connectivity index (χ0v) is 10.4. The summed E-state index contributed by atoms with van der Waals surface area (Å²) < 4.78 is 1.00. The fourth-order valence-electron chi connectivity index (χ4n) is 1.29. The number of nitrogens with one attached hydrogen (secondary N) is 2. The van der Waals surface area contributed by atoms with Gasteiger partial charge in [0.25, 0.3) is 0 Å². The van der Waals surface area contributed by atoms with Crippen molar-refractivity contribution in [2.24, 2.45) is 0 Å². The van der Waals surface area contributed by atoms with Crippen molar-refractivity contribution in [2.75, 3.05) is 11.1 Å². The number of nitrogens with two attached hydrogens (primary N) is 1. The van der Waals surface area contributed by atoms with Crippen LogP contribution in [0.1, 0.15) is 11.3 Å². The first kappa shape index (κ1) is 10.9. The zero-order valence-electron chi connectivity index (χ0n) is 8.79. The number of nitrogens with zero attached hydrogens (tertiary/aromatic N) is 2. The van der Waals surface area contributed by atoms with Crippen LogP contribution in [0.4, 0.5) is 11.6 Å². The Morgan fingerprint density at radius 2 is 2.31 bits per heavy atom. The minimum atomic E-state index is 0.585. The molecule has 4 N–H and O–H groups in total. The van der Waals surface area contributed by atoms with Gasteiger partial charge in [0.15, 0.2) is 0 Å². The third-order valence-corrected chi connectivity index (χ3v) is 3.07. The van der Waals surface area contributed by atoms with E-state index in [1.165, 1.54) is 0 Å². The van der Waals surface area contributed by atoms with Crippen LogP contribution >= 0.6 is 15.9 Å². The van der Waals surface area contributed by atoms with Gasteiger partial charge in [0, 0.05) is 16.6 Å². The number of anilines is 2. The van der Waals surface area contributed by atoms with Crippen LogP contribution in [0, 0.1) is 6.92 Å². The number of pyridine rings is 1. The van der Waals surface area contributed by atoms with E-state index >= 15 is 0 Å². The molecule has 0 atom stereocenters. The van der Waals surface area contributed by atoms with Gasteiger partial charge in [0.2, 0.25) is 0 Å². The van der Waals surface area contributed by atoms with Gasteiger partial charge in [-0.15, -0.1) is 0 Å². The molecule has 0 unspecified atom stereocenters. The highest BCUT2D eigenvalue weighted by Crippen LogP contribution is 2.17. The van der Waals surface area contributed by atoms with Crippen LogP contribution in [0.3, 0.4) is 0 Å². The van der Waals surface area contributed by atoms with Gasteiger partial charge in [-0.25, -0.2) is 4.98 Å². The average molecular weight is 282 g/mol. The molecule has 0 aliphatic rings. The van der Waals surface area contributed by atoms with Crippen LogP contribution in [0.25, 0.3) is 0 Å². The van der Waals surface area contributed by atoms with E-state index in [4.69, 9.17) is 5.73 Å². The molecule has 2 aromatic rings. The number of aromatic nitrogens is 3. The number of hydrogen-bond acceptors (Lipinski definition) is 4. The van der Waals surface area contributed by atoms with E-state index in [0.717, 1.165) is 21.5 Å². The Balaban J connectivity index is 2.05. The second-order valence-electron chi connectivity index (χ2n) is 3.43. The molecule has 0 aliphatic carbocycles. The van der Waals surface area contributed by atoms with Gasteiger partial charge in [-0.2, -0.15) is 5.10 Å². The molecular formula is C10H12BrN5. The number of rotatable bonds is 3. The lowest BCUT2D eigenvalue weighted by molar-refractivity contribution is 1.09. The fourth-order valence-corrected chi connectivity index (χ4v) is 1.51. The van der Waals surface area contributed by atoms with Crippen molar-refractivity contribution < 1.29 is 0 Å². The molecule has 0 amide bonds. The Hall–Kier alpha value is -1.56. The topological polar surface area (TPSA) is 79.6 Å². The van der Waals surface area contributed by atoms with Crippen LogP contribution in [0.15, 0.2) is 22.8 Å². The monoisotopic (exact) mass is 281 g/mol. The maximum absolute atomic E-state index is 5.67. The van der Waals surface area contributed by atoms with Crippen molar-refractivity contribution >= 4 is 27.6 Å². The lowest BCUT2D eigenvalue weighted by Gasteiger charge is -2.06. The fraction of sp³-hybridized carbons (Fsp3) is 0.200. The molecule has 0 saturated carbocycles. The van der Waals surface area contributed by atoms with E-state index in [1.54, 1.807) is 6.20 Å². The van der Waals surface area contributed by atoms with E-state index in [-0.39, 0.29) is 0 Å². The normalized spacial score (nSPS) is 10.4. The molecule has 6 heteroatoms. The Morgan fingerprint density at radius 3 is 2.94 bits per heavy atom. The third-order valence-electron chi connectivity index (χ3n) is 2.23. The van der Waals surface area contributed by atoms with Gasteiger partial charge in [-0.1, -0.05) is 0 Å². The van der Waals surface area contributed by atoms with E-state index in [0.29, 0.717) is 12.4 Å². The number of aromatic amines is 1. The first-order valence-electron chi connectivity index (χ1n) is 4.81. The Morgan fingerprint density at radius 1 is 1.50 bits per heavy atom. The maximum Gasteiger partial charge on any atom is 0.126 e.